The lowest BCUT2D eigenvalue weighted by Crippen LogP contribution is -2.57. The smallest absolute Gasteiger partial charge is 0.371 e. The second-order valence-corrected chi connectivity index (χ2v) is 5.58. The second-order valence-electron chi connectivity index (χ2n) is 5.58. The maximum absolute atomic E-state index is 12.0. The molecule has 1 heterocycles. The molecule has 0 amide bonds. The van der Waals surface area contributed by atoms with E-state index in [1.54, 1.807) is 0 Å². The number of nitrogens with one attached hydrogen (secondary N) is 1. The Hall–Kier alpha value is -0.330. The van der Waals surface area contributed by atoms with Crippen molar-refractivity contribution in [3.63, 3.8) is 0 Å². The predicted molar refractivity (Wildman–Crippen MR) is 67.0 cm³/mol. The highest BCUT2D eigenvalue weighted by Gasteiger charge is 2.36. The molecule has 0 aromatic rings. The van der Waals surface area contributed by atoms with E-state index >= 15 is 0 Å². The van der Waals surface area contributed by atoms with E-state index in [9.17, 15) is 13.2 Å². The number of ether oxygens (including phenoxy) is 1. The Morgan fingerprint density at radius 1 is 1.32 bits per heavy atom. The number of halogens is 3. The van der Waals surface area contributed by atoms with Crippen LogP contribution in [0, 0.1) is 5.92 Å². The third-order valence-electron chi connectivity index (χ3n) is 4.01. The second kappa shape index (κ2) is 6.41. The van der Waals surface area contributed by atoms with Crippen LogP contribution in [0.15, 0.2) is 0 Å². The van der Waals surface area contributed by atoms with Crippen LogP contribution in [0.1, 0.15) is 26.2 Å². The molecule has 1 N–H and O–H groups in total. The van der Waals surface area contributed by atoms with E-state index in [-0.39, 0.29) is 6.61 Å². The van der Waals surface area contributed by atoms with Gasteiger partial charge in [0.05, 0.1) is 6.61 Å². The zero-order chi connectivity index (χ0) is 13.9. The molecule has 2 rings (SSSR count). The lowest BCUT2D eigenvalue weighted by Gasteiger charge is -2.40. The summed E-state index contributed by atoms with van der Waals surface area (Å²) >= 11 is 0. The highest BCUT2D eigenvalue weighted by Crippen LogP contribution is 2.34. The minimum atomic E-state index is -4.22. The van der Waals surface area contributed by atoms with E-state index in [0.29, 0.717) is 18.6 Å². The molecule has 6 heteroatoms. The van der Waals surface area contributed by atoms with Crippen LogP contribution in [0.25, 0.3) is 0 Å². The minimum absolute atomic E-state index is 0.160. The van der Waals surface area contributed by atoms with Gasteiger partial charge in [-0.25, -0.2) is 0 Å². The van der Waals surface area contributed by atoms with Gasteiger partial charge in [-0.3, -0.25) is 4.90 Å². The van der Waals surface area contributed by atoms with Crippen LogP contribution in [-0.2, 0) is 4.74 Å². The van der Waals surface area contributed by atoms with Gasteiger partial charge in [0.2, 0.25) is 0 Å². The first-order valence-corrected chi connectivity index (χ1v) is 7.11. The van der Waals surface area contributed by atoms with E-state index in [4.69, 9.17) is 4.74 Å². The van der Waals surface area contributed by atoms with Gasteiger partial charge < -0.3 is 10.1 Å². The fourth-order valence-corrected chi connectivity index (χ4v) is 2.74. The molecule has 0 bridgehead atoms. The Bertz CT molecular complexity index is 282. The van der Waals surface area contributed by atoms with Crippen molar-refractivity contribution in [2.24, 2.45) is 5.92 Å². The van der Waals surface area contributed by atoms with Crippen molar-refractivity contribution in [1.29, 1.82) is 0 Å². The average molecular weight is 280 g/mol. The first-order valence-electron chi connectivity index (χ1n) is 7.11. The van der Waals surface area contributed by atoms with Crippen LogP contribution < -0.4 is 5.32 Å². The van der Waals surface area contributed by atoms with Gasteiger partial charge >= 0.3 is 6.18 Å². The summed E-state index contributed by atoms with van der Waals surface area (Å²) in [6.07, 6.45) is -0.631. The first-order chi connectivity index (χ1) is 8.99. The zero-order valence-electron chi connectivity index (χ0n) is 11.4. The molecule has 0 aromatic heterocycles. The van der Waals surface area contributed by atoms with E-state index in [0.717, 1.165) is 25.4 Å². The molecule has 112 valence electrons. The maximum Gasteiger partial charge on any atom is 0.411 e. The lowest BCUT2D eigenvalue weighted by atomic mass is 10.0. The summed E-state index contributed by atoms with van der Waals surface area (Å²) in [5, 5.41) is 3.56. The molecule has 2 fully saturated rings. The monoisotopic (exact) mass is 280 g/mol. The minimum Gasteiger partial charge on any atom is -0.371 e. The average Bonchev–Trinajstić information content (AvgIpc) is 3.17. The molecule has 0 aromatic carbocycles. The van der Waals surface area contributed by atoms with Gasteiger partial charge in [-0.05, 0) is 25.2 Å². The molecule has 0 radical (unpaired) electrons. The van der Waals surface area contributed by atoms with E-state index in [2.05, 4.69) is 17.1 Å². The quantitative estimate of drug-likeness (QED) is 0.753. The van der Waals surface area contributed by atoms with Gasteiger partial charge in [0.15, 0.2) is 0 Å². The fourth-order valence-electron chi connectivity index (χ4n) is 2.74. The molecule has 2 atom stereocenters. The van der Waals surface area contributed by atoms with Gasteiger partial charge in [-0.1, -0.05) is 6.92 Å². The van der Waals surface area contributed by atoms with Gasteiger partial charge in [-0.15, -0.1) is 0 Å². The Morgan fingerprint density at radius 2 is 2.05 bits per heavy atom. The van der Waals surface area contributed by atoms with Crippen LogP contribution >= 0.6 is 0 Å². The molecule has 3 nitrogen and oxygen atoms in total. The summed E-state index contributed by atoms with van der Waals surface area (Å²) in [7, 11) is 0. The van der Waals surface area contributed by atoms with Crippen molar-refractivity contribution in [2.45, 2.75) is 44.4 Å². The first kappa shape index (κ1) is 15.1. The summed E-state index contributed by atoms with van der Waals surface area (Å²) in [5.74, 6) is 0.774. The van der Waals surface area contributed by atoms with Gasteiger partial charge in [0.25, 0.3) is 0 Å². The number of rotatable bonds is 6. The summed E-state index contributed by atoms with van der Waals surface area (Å²) in [6.45, 7) is 3.62. The zero-order valence-corrected chi connectivity index (χ0v) is 11.4. The lowest BCUT2D eigenvalue weighted by molar-refractivity contribution is -0.175. The fraction of sp³-hybridized carbons (Fsp3) is 1.00. The number of alkyl halides is 3. The summed E-state index contributed by atoms with van der Waals surface area (Å²) in [4.78, 5) is 2.29. The molecule has 2 unspecified atom stereocenters. The van der Waals surface area contributed by atoms with Crippen LogP contribution in [0.5, 0.6) is 0 Å². The topological polar surface area (TPSA) is 24.5 Å². The number of hydrogen-bond acceptors (Lipinski definition) is 3. The van der Waals surface area contributed by atoms with Crippen molar-refractivity contribution in [2.75, 3.05) is 32.8 Å². The summed E-state index contributed by atoms with van der Waals surface area (Å²) in [5.41, 5.74) is 0. The summed E-state index contributed by atoms with van der Waals surface area (Å²) < 4.78 is 40.7. The SMILES string of the molecule is CCC1CNC(C2CC2)CN1CCOCC(F)(F)F. The van der Waals surface area contributed by atoms with Crippen LogP contribution in [-0.4, -0.2) is 56.0 Å². The molecule has 2 aliphatic rings. The molecule has 1 aliphatic heterocycles. The standard InChI is InChI=1S/C13H23F3N2O/c1-2-11-7-17-12(10-3-4-10)8-18(11)5-6-19-9-13(14,15)16/h10-12,17H,2-9H2,1H3. The molecule has 19 heavy (non-hydrogen) atoms. The maximum atomic E-state index is 12.0. The summed E-state index contributed by atoms with van der Waals surface area (Å²) in [6, 6.07) is 0.940. The Balaban J connectivity index is 1.71. The van der Waals surface area contributed by atoms with Crippen molar-refractivity contribution in [3.8, 4) is 0 Å². The molecular formula is C13H23F3N2O. The third-order valence-corrected chi connectivity index (χ3v) is 4.01. The van der Waals surface area contributed by atoms with Gasteiger partial charge in [0.1, 0.15) is 6.61 Å². The van der Waals surface area contributed by atoms with Crippen molar-refractivity contribution >= 4 is 0 Å². The van der Waals surface area contributed by atoms with Crippen LogP contribution in [0.4, 0.5) is 13.2 Å². The van der Waals surface area contributed by atoms with Crippen molar-refractivity contribution in [1.82, 2.24) is 10.2 Å². The van der Waals surface area contributed by atoms with Crippen LogP contribution in [0.2, 0.25) is 0 Å². The third kappa shape index (κ3) is 4.93. The van der Waals surface area contributed by atoms with Crippen LogP contribution in [0.3, 0.4) is 0 Å². The molecule has 1 aliphatic carbocycles. The van der Waals surface area contributed by atoms with E-state index in [1.165, 1.54) is 12.8 Å². The number of hydrogen-bond donors (Lipinski definition) is 1. The largest absolute Gasteiger partial charge is 0.411 e. The molecule has 1 saturated carbocycles. The number of piperazine rings is 1. The van der Waals surface area contributed by atoms with Crippen molar-refractivity contribution < 1.29 is 17.9 Å². The number of nitrogens with zero attached hydrogens (tertiary/aromatic N) is 1. The molecular weight excluding hydrogens is 257 g/mol. The van der Waals surface area contributed by atoms with E-state index < -0.39 is 12.8 Å². The van der Waals surface area contributed by atoms with Gasteiger partial charge in [-0.2, -0.15) is 13.2 Å². The molecule has 1 saturated heterocycles. The van der Waals surface area contributed by atoms with Crippen molar-refractivity contribution in [3.05, 3.63) is 0 Å². The highest BCUT2D eigenvalue weighted by atomic mass is 19.4. The Kier molecular flexibility index (Phi) is 5.09. The van der Waals surface area contributed by atoms with Gasteiger partial charge in [0, 0.05) is 31.7 Å². The highest BCUT2D eigenvalue weighted by molar-refractivity contribution is 4.94. The predicted octanol–water partition coefficient (Wildman–Crippen LogP) is 2.03. The van der Waals surface area contributed by atoms with E-state index in [1.807, 2.05) is 0 Å². The Morgan fingerprint density at radius 3 is 2.63 bits per heavy atom. The Labute approximate surface area is 112 Å². The molecule has 0 spiro atoms. The normalized spacial score (nSPS) is 29.7.